The fraction of sp³-hybridized carbons (Fsp3) is 0.619. The molecule has 2 aliphatic rings. The number of hydrogen-bond acceptors (Lipinski definition) is 3. The molecule has 0 radical (unpaired) electrons. The van der Waals surface area contributed by atoms with Crippen LogP contribution in [0.1, 0.15) is 30.4 Å². The summed E-state index contributed by atoms with van der Waals surface area (Å²) < 4.78 is 5.45. The largest absolute Gasteiger partial charge is 0.381 e. The molecule has 0 saturated carbocycles. The third kappa shape index (κ3) is 5.45. The van der Waals surface area contributed by atoms with Gasteiger partial charge in [0.2, 0.25) is 5.91 Å². The predicted molar refractivity (Wildman–Crippen MR) is 108 cm³/mol. The van der Waals surface area contributed by atoms with Crippen LogP contribution >= 0.6 is 0 Å². The fourth-order valence-electron chi connectivity index (χ4n) is 3.89. The maximum Gasteiger partial charge on any atom is 0.222 e. The van der Waals surface area contributed by atoms with Crippen LogP contribution in [0.3, 0.4) is 0 Å². The van der Waals surface area contributed by atoms with Crippen molar-refractivity contribution in [3.8, 4) is 0 Å². The van der Waals surface area contributed by atoms with Crippen molar-refractivity contribution in [2.24, 2.45) is 10.9 Å². The molecule has 27 heavy (non-hydrogen) atoms. The molecule has 6 nitrogen and oxygen atoms in total. The Balaban J connectivity index is 1.37. The van der Waals surface area contributed by atoms with Gasteiger partial charge >= 0.3 is 0 Å². The minimum atomic E-state index is 0.248. The summed E-state index contributed by atoms with van der Waals surface area (Å²) in [4.78, 5) is 21.0. The lowest BCUT2D eigenvalue weighted by molar-refractivity contribution is -0.132. The van der Waals surface area contributed by atoms with Gasteiger partial charge < -0.3 is 19.9 Å². The smallest absolute Gasteiger partial charge is 0.222 e. The third-order valence-corrected chi connectivity index (χ3v) is 5.46. The first-order valence-corrected chi connectivity index (χ1v) is 10.0. The minimum absolute atomic E-state index is 0.248. The molecule has 0 aromatic heterocycles. The molecule has 0 spiro atoms. The molecular formula is C21H32N4O2. The van der Waals surface area contributed by atoms with Gasteiger partial charge in [-0.15, -0.1) is 0 Å². The van der Waals surface area contributed by atoms with E-state index in [1.165, 1.54) is 11.1 Å². The summed E-state index contributed by atoms with van der Waals surface area (Å²) in [7, 11) is 3.87. The second-order valence-corrected chi connectivity index (χ2v) is 7.52. The van der Waals surface area contributed by atoms with Gasteiger partial charge in [-0.3, -0.25) is 9.79 Å². The van der Waals surface area contributed by atoms with Gasteiger partial charge in [0.25, 0.3) is 0 Å². The summed E-state index contributed by atoms with van der Waals surface area (Å²) in [6.45, 7) is 5.00. The van der Waals surface area contributed by atoms with E-state index in [0.717, 1.165) is 64.6 Å². The van der Waals surface area contributed by atoms with Crippen LogP contribution in [-0.2, 0) is 22.5 Å². The van der Waals surface area contributed by atoms with Gasteiger partial charge in [-0.05, 0) is 30.4 Å². The molecule has 1 unspecified atom stereocenters. The van der Waals surface area contributed by atoms with E-state index in [0.29, 0.717) is 12.3 Å². The van der Waals surface area contributed by atoms with Crippen LogP contribution in [0.15, 0.2) is 29.3 Å². The molecule has 2 heterocycles. The second kappa shape index (κ2) is 9.74. The van der Waals surface area contributed by atoms with Crippen molar-refractivity contribution < 1.29 is 9.53 Å². The molecule has 1 N–H and O–H groups in total. The van der Waals surface area contributed by atoms with Crippen molar-refractivity contribution in [1.29, 1.82) is 0 Å². The maximum absolute atomic E-state index is 12.5. The Labute approximate surface area is 162 Å². The molecule has 148 valence electrons. The highest BCUT2D eigenvalue weighted by Gasteiger charge is 2.21. The van der Waals surface area contributed by atoms with Crippen molar-refractivity contribution in [1.82, 2.24) is 15.1 Å². The van der Waals surface area contributed by atoms with Crippen molar-refractivity contribution in [2.75, 3.05) is 46.9 Å². The Kier molecular flexibility index (Phi) is 7.10. The lowest BCUT2D eigenvalue weighted by atomic mass is 9.99. The first kappa shape index (κ1) is 19.7. The summed E-state index contributed by atoms with van der Waals surface area (Å²) in [6, 6.07) is 8.43. The average molecular weight is 373 g/mol. The number of hydrogen-bond donors (Lipinski definition) is 1. The Morgan fingerprint density at radius 2 is 2.19 bits per heavy atom. The van der Waals surface area contributed by atoms with Crippen molar-refractivity contribution in [3.63, 3.8) is 0 Å². The van der Waals surface area contributed by atoms with E-state index in [9.17, 15) is 4.79 Å². The molecule has 2 aliphatic heterocycles. The Morgan fingerprint density at radius 3 is 2.93 bits per heavy atom. The van der Waals surface area contributed by atoms with Gasteiger partial charge in [-0.1, -0.05) is 24.3 Å². The Bertz CT molecular complexity index is 655. The number of ether oxygens (including phenoxy) is 1. The normalized spacial score (nSPS) is 19.7. The maximum atomic E-state index is 12.5. The highest BCUT2D eigenvalue weighted by molar-refractivity contribution is 5.80. The number of amides is 1. The molecule has 6 heteroatoms. The van der Waals surface area contributed by atoms with Gasteiger partial charge in [0.1, 0.15) is 0 Å². The van der Waals surface area contributed by atoms with Crippen LogP contribution in [0, 0.1) is 5.92 Å². The van der Waals surface area contributed by atoms with Crippen LogP contribution < -0.4 is 5.32 Å². The van der Waals surface area contributed by atoms with E-state index in [2.05, 4.69) is 46.5 Å². The van der Waals surface area contributed by atoms with Gasteiger partial charge in [-0.25, -0.2) is 0 Å². The van der Waals surface area contributed by atoms with Crippen LogP contribution in [0.5, 0.6) is 0 Å². The van der Waals surface area contributed by atoms with Crippen molar-refractivity contribution in [3.05, 3.63) is 35.4 Å². The number of nitrogens with one attached hydrogen (secondary N) is 1. The average Bonchev–Trinajstić information content (AvgIpc) is 3.20. The van der Waals surface area contributed by atoms with Crippen molar-refractivity contribution in [2.45, 2.75) is 32.2 Å². The number of nitrogens with zero attached hydrogens (tertiary/aromatic N) is 3. The van der Waals surface area contributed by atoms with Gasteiger partial charge in [-0.2, -0.15) is 0 Å². The monoisotopic (exact) mass is 372 g/mol. The highest BCUT2D eigenvalue weighted by Crippen LogP contribution is 2.19. The number of guanidine groups is 1. The van der Waals surface area contributed by atoms with Gasteiger partial charge in [0.15, 0.2) is 5.96 Å². The second-order valence-electron chi connectivity index (χ2n) is 7.52. The first-order chi connectivity index (χ1) is 13.2. The standard InChI is InChI=1S/C21H32N4O2/c1-22-21(24(2)14-17-10-13-27-16-17)23-11-5-8-20(26)25-12-9-18-6-3-4-7-19(18)15-25/h3-4,6-7,17H,5,8-16H2,1-2H3,(H,22,23). The number of fused-ring (bicyclic) bond motifs is 1. The SMILES string of the molecule is CN=C(NCCCC(=O)N1CCc2ccccc2C1)N(C)CC1CCOC1. The van der Waals surface area contributed by atoms with E-state index >= 15 is 0 Å². The number of benzene rings is 1. The van der Waals surface area contributed by atoms with E-state index in [1.54, 1.807) is 7.05 Å². The first-order valence-electron chi connectivity index (χ1n) is 10.0. The molecule has 1 saturated heterocycles. The summed E-state index contributed by atoms with van der Waals surface area (Å²) >= 11 is 0. The molecule has 1 aromatic rings. The Morgan fingerprint density at radius 1 is 1.37 bits per heavy atom. The summed E-state index contributed by atoms with van der Waals surface area (Å²) in [5.74, 6) is 1.72. The van der Waals surface area contributed by atoms with Crippen LogP contribution in [-0.4, -0.2) is 68.6 Å². The zero-order valence-electron chi connectivity index (χ0n) is 16.6. The predicted octanol–water partition coefficient (Wildman–Crippen LogP) is 1.90. The molecule has 3 rings (SSSR count). The number of aliphatic imine (C=N–C) groups is 1. The van der Waals surface area contributed by atoms with Gasteiger partial charge in [0, 0.05) is 59.2 Å². The summed E-state index contributed by atoms with van der Waals surface area (Å²) in [5.41, 5.74) is 2.66. The zero-order valence-corrected chi connectivity index (χ0v) is 16.6. The van der Waals surface area contributed by atoms with E-state index in [-0.39, 0.29) is 5.91 Å². The number of carbonyl (C=O) groups excluding carboxylic acids is 1. The van der Waals surface area contributed by atoms with Gasteiger partial charge in [0.05, 0.1) is 6.61 Å². The minimum Gasteiger partial charge on any atom is -0.381 e. The van der Waals surface area contributed by atoms with Crippen LogP contribution in [0.2, 0.25) is 0 Å². The Hall–Kier alpha value is -2.08. The molecule has 1 atom stereocenters. The van der Waals surface area contributed by atoms with E-state index in [4.69, 9.17) is 4.74 Å². The lowest BCUT2D eigenvalue weighted by Gasteiger charge is -2.29. The molecule has 0 bridgehead atoms. The van der Waals surface area contributed by atoms with Crippen LogP contribution in [0.4, 0.5) is 0 Å². The third-order valence-electron chi connectivity index (χ3n) is 5.46. The van der Waals surface area contributed by atoms with E-state index < -0.39 is 0 Å². The summed E-state index contributed by atoms with van der Waals surface area (Å²) in [5, 5.41) is 3.38. The quantitative estimate of drug-likeness (QED) is 0.471. The van der Waals surface area contributed by atoms with Crippen molar-refractivity contribution >= 4 is 11.9 Å². The lowest BCUT2D eigenvalue weighted by Crippen LogP contribution is -2.42. The molecule has 0 aliphatic carbocycles. The molecule has 1 fully saturated rings. The zero-order chi connectivity index (χ0) is 19.1. The molecule has 1 amide bonds. The van der Waals surface area contributed by atoms with E-state index in [1.807, 2.05) is 4.90 Å². The highest BCUT2D eigenvalue weighted by atomic mass is 16.5. The van der Waals surface area contributed by atoms with Crippen LogP contribution in [0.25, 0.3) is 0 Å². The number of carbonyl (C=O) groups is 1. The summed E-state index contributed by atoms with van der Waals surface area (Å²) in [6.07, 6.45) is 3.47. The topological polar surface area (TPSA) is 57.2 Å². The molecular weight excluding hydrogens is 340 g/mol. The fourth-order valence-corrected chi connectivity index (χ4v) is 3.89. The number of rotatable bonds is 6. The molecule has 1 aromatic carbocycles.